The van der Waals surface area contributed by atoms with E-state index >= 15 is 0 Å². The Kier molecular flexibility index (Phi) is 2.92. The van der Waals surface area contributed by atoms with Gasteiger partial charge in [-0.15, -0.1) is 0 Å². The molecule has 0 aliphatic rings. The van der Waals surface area contributed by atoms with Gasteiger partial charge in [0.25, 0.3) is 5.89 Å². The lowest BCUT2D eigenvalue weighted by atomic mass is 10.1. The van der Waals surface area contributed by atoms with Gasteiger partial charge in [-0.05, 0) is 5.92 Å². The van der Waals surface area contributed by atoms with E-state index in [0.717, 1.165) is 0 Å². The summed E-state index contributed by atoms with van der Waals surface area (Å²) in [6.45, 7) is 3.70. The molecule has 1 unspecified atom stereocenters. The summed E-state index contributed by atoms with van der Waals surface area (Å²) in [5.41, 5.74) is 5.62. The van der Waals surface area contributed by atoms with Gasteiger partial charge >= 0.3 is 6.43 Å². The minimum absolute atomic E-state index is 0.0862. The van der Waals surface area contributed by atoms with Crippen molar-refractivity contribution in [2.75, 3.05) is 0 Å². The number of hydrogen-bond acceptors (Lipinski definition) is 4. The van der Waals surface area contributed by atoms with Crippen molar-refractivity contribution in [1.29, 1.82) is 0 Å². The van der Waals surface area contributed by atoms with Crippen molar-refractivity contribution in [3.05, 3.63) is 11.7 Å². The van der Waals surface area contributed by atoms with Gasteiger partial charge in [-0.25, -0.2) is 0 Å². The van der Waals surface area contributed by atoms with Crippen LogP contribution in [-0.2, 0) is 0 Å². The molecule has 1 aromatic rings. The number of rotatable bonds is 3. The van der Waals surface area contributed by atoms with Gasteiger partial charge in [0.05, 0.1) is 6.04 Å². The topological polar surface area (TPSA) is 64.9 Å². The number of halogens is 2. The van der Waals surface area contributed by atoms with E-state index in [-0.39, 0.29) is 11.7 Å². The number of nitrogens with two attached hydrogens (primary N) is 1. The predicted octanol–water partition coefficient (Wildman–Crippen LogP) is 1.66. The summed E-state index contributed by atoms with van der Waals surface area (Å²) in [7, 11) is 0. The minimum Gasteiger partial charge on any atom is -0.333 e. The average Bonchev–Trinajstić information content (AvgIpc) is 2.50. The van der Waals surface area contributed by atoms with Gasteiger partial charge in [0.1, 0.15) is 0 Å². The van der Waals surface area contributed by atoms with Crippen LogP contribution in [0.1, 0.15) is 38.0 Å². The van der Waals surface area contributed by atoms with Crippen LogP contribution in [0.4, 0.5) is 8.78 Å². The minimum atomic E-state index is -2.74. The summed E-state index contributed by atoms with van der Waals surface area (Å²) >= 11 is 0. The number of nitrogens with zero attached hydrogens (tertiary/aromatic N) is 2. The van der Waals surface area contributed by atoms with Crippen molar-refractivity contribution in [2.24, 2.45) is 11.7 Å². The van der Waals surface area contributed by atoms with Crippen molar-refractivity contribution in [3.8, 4) is 0 Å². The van der Waals surface area contributed by atoms with Crippen molar-refractivity contribution in [2.45, 2.75) is 26.3 Å². The van der Waals surface area contributed by atoms with Crippen LogP contribution in [0, 0.1) is 5.92 Å². The molecule has 6 heteroatoms. The first-order valence-electron chi connectivity index (χ1n) is 3.89. The molecule has 0 aliphatic heterocycles. The van der Waals surface area contributed by atoms with Crippen LogP contribution in [0.25, 0.3) is 0 Å². The maximum absolute atomic E-state index is 12.0. The zero-order valence-electron chi connectivity index (χ0n) is 7.37. The molecule has 1 aromatic heterocycles. The molecule has 4 nitrogen and oxygen atoms in total. The number of alkyl halides is 2. The fourth-order valence-corrected chi connectivity index (χ4v) is 0.769. The standard InChI is InChI=1S/C7H11F2N3O/c1-3(2)4(10)6-11-7(5(8)9)13-12-6/h3-5H,10H2,1-2H3. The summed E-state index contributed by atoms with van der Waals surface area (Å²) in [6.07, 6.45) is -2.74. The number of aromatic nitrogens is 2. The van der Waals surface area contributed by atoms with Crippen LogP contribution in [-0.4, -0.2) is 10.1 Å². The van der Waals surface area contributed by atoms with Gasteiger partial charge in [-0.1, -0.05) is 19.0 Å². The molecule has 74 valence electrons. The lowest BCUT2D eigenvalue weighted by Gasteiger charge is -2.09. The molecule has 0 saturated heterocycles. The summed E-state index contributed by atoms with van der Waals surface area (Å²) in [5.74, 6) is -0.459. The van der Waals surface area contributed by atoms with E-state index in [9.17, 15) is 8.78 Å². The molecular formula is C7H11F2N3O. The number of hydrogen-bond donors (Lipinski definition) is 1. The Hall–Kier alpha value is -1.04. The van der Waals surface area contributed by atoms with Crippen molar-refractivity contribution >= 4 is 0 Å². The third-order valence-corrected chi connectivity index (χ3v) is 1.66. The van der Waals surface area contributed by atoms with E-state index in [1.807, 2.05) is 13.8 Å². The highest BCUT2D eigenvalue weighted by Crippen LogP contribution is 2.20. The lowest BCUT2D eigenvalue weighted by molar-refractivity contribution is 0.106. The van der Waals surface area contributed by atoms with E-state index in [0.29, 0.717) is 0 Å². The molecule has 13 heavy (non-hydrogen) atoms. The van der Waals surface area contributed by atoms with Crippen LogP contribution in [0.5, 0.6) is 0 Å². The second-order valence-electron chi connectivity index (χ2n) is 3.06. The van der Waals surface area contributed by atoms with Gasteiger partial charge < -0.3 is 10.3 Å². The molecule has 1 rings (SSSR count). The van der Waals surface area contributed by atoms with Crippen LogP contribution in [0.3, 0.4) is 0 Å². The quantitative estimate of drug-likeness (QED) is 0.789. The fourth-order valence-electron chi connectivity index (χ4n) is 0.769. The molecule has 0 aromatic carbocycles. The van der Waals surface area contributed by atoms with Gasteiger partial charge in [0.15, 0.2) is 5.82 Å². The summed E-state index contributed by atoms with van der Waals surface area (Å²) in [4.78, 5) is 3.48. The van der Waals surface area contributed by atoms with Crippen LogP contribution in [0.15, 0.2) is 4.52 Å². The van der Waals surface area contributed by atoms with Crippen molar-refractivity contribution in [1.82, 2.24) is 10.1 Å². The summed E-state index contributed by atoms with van der Waals surface area (Å²) in [5, 5.41) is 3.37. The second-order valence-corrected chi connectivity index (χ2v) is 3.06. The zero-order chi connectivity index (χ0) is 10.0. The smallest absolute Gasteiger partial charge is 0.315 e. The van der Waals surface area contributed by atoms with Gasteiger partial charge in [-0.3, -0.25) is 0 Å². The Bertz CT molecular complexity index is 274. The van der Waals surface area contributed by atoms with Gasteiger partial charge in [0.2, 0.25) is 0 Å². The van der Waals surface area contributed by atoms with E-state index in [1.54, 1.807) is 0 Å². The monoisotopic (exact) mass is 191 g/mol. The molecule has 0 fully saturated rings. The zero-order valence-corrected chi connectivity index (χ0v) is 7.37. The van der Waals surface area contributed by atoms with Crippen LogP contribution < -0.4 is 5.73 Å². The molecule has 0 bridgehead atoms. The normalized spacial score (nSPS) is 14.1. The molecule has 0 aliphatic carbocycles. The molecule has 0 spiro atoms. The molecule has 0 radical (unpaired) electrons. The Balaban J connectivity index is 2.79. The van der Waals surface area contributed by atoms with Crippen molar-refractivity contribution in [3.63, 3.8) is 0 Å². The molecule has 1 heterocycles. The maximum atomic E-state index is 12.0. The highest BCUT2D eigenvalue weighted by Gasteiger charge is 2.21. The molecule has 0 amide bonds. The fraction of sp³-hybridized carbons (Fsp3) is 0.714. The third kappa shape index (κ3) is 2.21. The van der Waals surface area contributed by atoms with Crippen LogP contribution >= 0.6 is 0 Å². The third-order valence-electron chi connectivity index (χ3n) is 1.66. The highest BCUT2D eigenvalue weighted by atomic mass is 19.3. The first-order chi connectivity index (χ1) is 6.02. The summed E-state index contributed by atoms with van der Waals surface area (Å²) in [6, 6.07) is -0.462. The van der Waals surface area contributed by atoms with E-state index in [2.05, 4.69) is 14.7 Å². The molecular weight excluding hydrogens is 180 g/mol. The van der Waals surface area contributed by atoms with E-state index in [4.69, 9.17) is 5.73 Å². The summed E-state index contributed by atoms with van der Waals surface area (Å²) < 4.78 is 28.3. The lowest BCUT2D eigenvalue weighted by Crippen LogP contribution is -2.18. The molecule has 1 atom stereocenters. The molecule has 2 N–H and O–H groups in total. The van der Waals surface area contributed by atoms with Crippen molar-refractivity contribution < 1.29 is 13.3 Å². The molecule has 0 saturated carbocycles. The van der Waals surface area contributed by atoms with Gasteiger partial charge in [-0.2, -0.15) is 13.8 Å². The first kappa shape index (κ1) is 10.0. The SMILES string of the molecule is CC(C)C(N)c1noc(C(F)F)n1. The largest absolute Gasteiger partial charge is 0.333 e. The average molecular weight is 191 g/mol. The maximum Gasteiger partial charge on any atom is 0.315 e. The Morgan fingerprint density at radius 3 is 2.38 bits per heavy atom. The van der Waals surface area contributed by atoms with E-state index < -0.39 is 18.4 Å². The Morgan fingerprint density at radius 2 is 2.00 bits per heavy atom. The highest BCUT2D eigenvalue weighted by molar-refractivity contribution is 4.94. The predicted molar refractivity (Wildman–Crippen MR) is 41.0 cm³/mol. The Labute approximate surface area is 74.1 Å². The van der Waals surface area contributed by atoms with Crippen LogP contribution in [0.2, 0.25) is 0 Å². The van der Waals surface area contributed by atoms with Gasteiger partial charge in [0, 0.05) is 0 Å². The van der Waals surface area contributed by atoms with E-state index in [1.165, 1.54) is 0 Å². The second kappa shape index (κ2) is 3.78. The first-order valence-corrected chi connectivity index (χ1v) is 3.89. The Morgan fingerprint density at radius 1 is 1.38 bits per heavy atom.